The van der Waals surface area contributed by atoms with E-state index in [1.54, 1.807) is 6.07 Å². The number of benzene rings is 3. The number of rotatable bonds is 8. The molecule has 0 aliphatic carbocycles. The molecule has 0 aliphatic heterocycles. The molecule has 3 N–H and O–H groups in total. The monoisotopic (exact) mass is 378 g/mol. The molecule has 0 aromatic heterocycles. The predicted molar refractivity (Wildman–Crippen MR) is 109 cm³/mol. The van der Waals surface area contributed by atoms with Crippen LogP contribution in [0.25, 0.3) is 10.8 Å². The van der Waals surface area contributed by atoms with Crippen molar-refractivity contribution in [2.45, 2.75) is 13.5 Å². The quantitative estimate of drug-likeness (QED) is 0.560. The second-order valence-electron chi connectivity index (χ2n) is 6.46. The lowest BCUT2D eigenvalue weighted by Crippen LogP contribution is -2.23. The van der Waals surface area contributed by atoms with Gasteiger partial charge >= 0.3 is 5.97 Å². The lowest BCUT2D eigenvalue weighted by molar-refractivity contribution is -0.136. The van der Waals surface area contributed by atoms with Crippen molar-refractivity contribution in [3.05, 3.63) is 71.8 Å². The lowest BCUT2D eigenvalue weighted by Gasteiger charge is -2.15. The van der Waals surface area contributed by atoms with Gasteiger partial charge in [-0.05, 0) is 35.9 Å². The van der Waals surface area contributed by atoms with E-state index in [0.717, 1.165) is 21.9 Å². The van der Waals surface area contributed by atoms with E-state index in [1.807, 2.05) is 61.5 Å². The third-order valence-electron chi connectivity index (χ3n) is 4.27. The molecule has 0 aliphatic rings. The lowest BCUT2D eigenvalue weighted by atomic mass is 10.0. The standard InChI is InChI=1S/C22H22N2O4/c1-15-6-9-17(10-7-15)24-21(25)14-28-20-11-8-16-4-2-3-5-18(16)19(20)12-23-13-22(26)27/h2-11,23H,12-14H2,1H3,(H,24,25)(H,26,27). The number of anilines is 1. The number of aliphatic carboxylic acids is 1. The summed E-state index contributed by atoms with van der Waals surface area (Å²) in [5, 5.41) is 16.5. The normalized spacial score (nSPS) is 10.6. The van der Waals surface area contributed by atoms with Gasteiger partial charge in [0, 0.05) is 17.8 Å². The molecule has 0 saturated carbocycles. The Hall–Kier alpha value is -3.38. The fourth-order valence-corrected chi connectivity index (χ4v) is 2.91. The number of fused-ring (bicyclic) bond motifs is 1. The summed E-state index contributed by atoms with van der Waals surface area (Å²) in [5.74, 6) is -0.641. The highest BCUT2D eigenvalue weighted by atomic mass is 16.5. The molecule has 3 aromatic rings. The fourth-order valence-electron chi connectivity index (χ4n) is 2.91. The van der Waals surface area contributed by atoms with Crippen molar-refractivity contribution < 1.29 is 19.4 Å². The summed E-state index contributed by atoms with van der Waals surface area (Å²) in [6, 6.07) is 19.0. The largest absolute Gasteiger partial charge is 0.483 e. The third-order valence-corrected chi connectivity index (χ3v) is 4.27. The van der Waals surface area contributed by atoms with Gasteiger partial charge < -0.3 is 20.5 Å². The molecule has 3 aromatic carbocycles. The Morgan fingerprint density at radius 2 is 1.75 bits per heavy atom. The molecular weight excluding hydrogens is 356 g/mol. The zero-order chi connectivity index (χ0) is 19.9. The third kappa shape index (κ3) is 5.08. The van der Waals surface area contributed by atoms with Gasteiger partial charge in [0.2, 0.25) is 0 Å². The Morgan fingerprint density at radius 1 is 1.00 bits per heavy atom. The van der Waals surface area contributed by atoms with Gasteiger partial charge in [0.15, 0.2) is 6.61 Å². The van der Waals surface area contributed by atoms with Crippen molar-refractivity contribution in [3.63, 3.8) is 0 Å². The number of hydrogen-bond donors (Lipinski definition) is 3. The van der Waals surface area contributed by atoms with Gasteiger partial charge in [0.1, 0.15) is 5.75 Å². The molecule has 144 valence electrons. The van der Waals surface area contributed by atoms with Gasteiger partial charge in [-0.2, -0.15) is 0 Å². The molecule has 0 atom stereocenters. The number of carbonyl (C=O) groups excluding carboxylic acids is 1. The molecule has 28 heavy (non-hydrogen) atoms. The molecule has 0 saturated heterocycles. The summed E-state index contributed by atoms with van der Waals surface area (Å²) in [7, 11) is 0. The molecule has 3 rings (SSSR count). The zero-order valence-corrected chi connectivity index (χ0v) is 15.6. The van der Waals surface area contributed by atoms with Gasteiger partial charge in [-0.15, -0.1) is 0 Å². The van der Waals surface area contributed by atoms with Crippen LogP contribution in [0.4, 0.5) is 5.69 Å². The summed E-state index contributed by atoms with van der Waals surface area (Å²) < 4.78 is 5.76. The second-order valence-corrected chi connectivity index (χ2v) is 6.46. The molecule has 0 radical (unpaired) electrons. The first kappa shape index (κ1) is 19.4. The van der Waals surface area contributed by atoms with Crippen LogP contribution in [0.15, 0.2) is 60.7 Å². The first-order valence-electron chi connectivity index (χ1n) is 8.95. The molecule has 0 heterocycles. The van der Waals surface area contributed by atoms with Crippen molar-refractivity contribution in [1.82, 2.24) is 5.32 Å². The van der Waals surface area contributed by atoms with Gasteiger partial charge in [-0.1, -0.05) is 48.0 Å². The minimum Gasteiger partial charge on any atom is -0.483 e. The number of carboxylic acid groups (broad SMARTS) is 1. The fraction of sp³-hybridized carbons (Fsp3) is 0.182. The summed E-state index contributed by atoms with van der Waals surface area (Å²) >= 11 is 0. The number of hydrogen-bond acceptors (Lipinski definition) is 4. The summed E-state index contributed by atoms with van der Waals surface area (Å²) in [6.07, 6.45) is 0. The summed E-state index contributed by atoms with van der Waals surface area (Å²) in [4.78, 5) is 23.0. The Kier molecular flexibility index (Phi) is 6.24. The first-order chi connectivity index (χ1) is 13.5. The van der Waals surface area contributed by atoms with Crippen LogP contribution in [0.5, 0.6) is 5.75 Å². The highest BCUT2D eigenvalue weighted by Gasteiger charge is 2.11. The smallest absolute Gasteiger partial charge is 0.317 e. The molecule has 0 bridgehead atoms. The van der Waals surface area contributed by atoms with E-state index in [0.29, 0.717) is 18.0 Å². The van der Waals surface area contributed by atoms with E-state index in [9.17, 15) is 9.59 Å². The van der Waals surface area contributed by atoms with Crippen molar-refractivity contribution in [3.8, 4) is 5.75 Å². The Bertz CT molecular complexity index is 983. The Labute approximate surface area is 163 Å². The first-order valence-corrected chi connectivity index (χ1v) is 8.95. The van der Waals surface area contributed by atoms with E-state index in [1.165, 1.54) is 0 Å². The Morgan fingerprint density at radius 3 is 2.50 bits per heavy atom. The predicted octanol–water partition coefficient (Wildman–Crippen LogP) is 3.34. The summed E-state index contributed by atoms with van der Waals surface area (Å²) in [5.41, 5.74) is 2.65. The van der Waals surface area contributed by atoms with E-state index in [-0.39, 0.29) is 19.1 Å². The van der Waals surface area contributed by atoms with Crippen molar-refractivity contribution >= 4 is 28.3 Å². The van der Waals surface area contributed by atoms with Crippen LogP contribution in [-0.2, 0) is 16.1 Å². The number of ether oxygens (including phenoxy) is 1. The number of carboxylic acids is 1. The molecule has 6 nitrogen and oxygen atoms in total. The molecule has 0 unspecified atom stereocenters. The highest BCUT2D eigenvalue weighted by Crippen LogP contribution is 2.28. The van der Waals surface area contributed by atoms with Crippen LogP contribution >= 0.6 is 0 Å². The average Bonchev–Trinajstić information content (AvgIpc) is 2.68. The molecule has 6 heteroatoms. The van der Waals surface area contributed by atoms with E-state index < -0.39 is 5.97 Å². The number of nitrogens with one attached hydrogen (secondary N) is 2. The molecule has 0 spiro atoms. The number of aryl methyl sites for hydroxylation is 1. The van der Waals surface area contributed by atoms with Crippen LogP contribution in [0, 0.1) is 6.92 Å². The summed E-state index contributed by atoms with van der Waals surface area (Å²) in [6.45, 7) is 2.01. The van der Waals surface area contributed by atoms with E-state index in [4.69, 9.17) is 9.84 Å². The minimum atomic E-state index is -0.930. The van der Waals surface area contributed by atoms with Gasteiger partial charge in [-0.3, -0.25) is 9.59 Å². The zero-order valence-electron chi connectivity index (χ0n) is 15.6. The maximum Gasteiger partial charge on any atom is 0.317 e. The SMILES string of the molecule is Cc1ccc(NC(=O)COc2ccc3ccccc3c2CNCC(=O)O)cc1. The van der Waals surface area contributed by atoms with Crippen molar-refractivity contribution in [2.75, 3.05) is 18.5 Å². The maximum atomic E-state index is 12.2. The van der Waals surface area contributed by atoms with Crippen LogP contribution in [0.2, 0.25) is 0 Å². The topological polar surface area (TPSA) is 87.7 Å². The molecule has 0 fully saturated rings. The second kappa shape index (κ2) is 9.01. The number of carbonyl (C=O) groups is 2. The maximum absolute atomic E-state index is 12.2. The highest BCUT2D eigenvalue weighted by molar-refractivity contribution is 5.92. The van der Waals surface area contributed by atoms with Gasteiger partial charge in [0.25, 0.3) is 5.91 Å². The van der Waals surface area contributed by atoms with Crippen LogP contribution in [-0.4, -0.2) is 30.1 Å². The van der Waals surface area contributed by atoms with Crippen molar-refractivity contribution in [2.24, 2.45) is 0 Å². The average molecular weight is 378 g/mol. The Balaban J connectivity index is 1.72. The van der Waals surface area contributed by atoms with Crippen LogP contribution < -0.4 is 15.4 Å². The van der Waals surface area contributed by atoms with Crippen LogP contribution in [0.1, 0.15) is 11.1 Å². The van der Waals surface area contributed by atoms with Gasteiger partial charge in [0.05, 0.1) is 6.54 Å². The minimum absolute atomic E-state index is 0.141. The number of amides is 1. The van der Waals surface area contributed by atoms with Crippen molar-refractivity contribution in [1.29, 1.82) is 0 Å². The molecule has 1 amide bonds. The van der Waals surface area contributed by atoms with Crippen LogP contribution in [0.3, 0.4) is 0 Å². The van der Waals surface area contributed by atoms with E-state index in [2.05, 4.69) is 10.6 Å². The van der Waals surface area contributed by atoms with E-state index >= 15 is 0 Å². The molecular formula is C22H22N2O4. The van der Waals surface area contributed by atoms with Gasteiger partial charge in [-0.25, -0.2) is 0 Å².